The fourth-order valence-electron chi connectivity index (χ4n) is 2.56. The van der Waals surface area contributed by atoms with Crippen molar-refractivity contribution >= 4 is 17.3 Å². The number of aryl methyl sites for hydroxylation is 1. The van der Waals surface area contributed by atoms with Gasteiger partial charge in [0.05, 0.1) is 11.6 Å². The molecule has 1 aliphatic rings. The average Bonchev–Trinajstić information content (AvgIpc) is 2.92. The molecule has 5 nitrogen and oxygen atoms in total. The topological polar surface area (TPSA) is 49.8 Å². The Bertz CT molecular complexity index is 454. The molecule has 6 heteroatoms. The lowest BCUT2D eigenvalue weighted by molar-refractivity contribution is 0.0625. The van der Waals surface area contributed by atoms with Crippen molar-refractivity contribution in [1.29, 1.82) is 0 Å². The van der Waals surface area contributed by atoms with Crippen molar-refractivity contribution in [3.63, 3.8) is 0 Å². The first kappa shape index (κ1) is 16.2. The minimum absolute atomic E-state index is 0.791. The maximum atomic E-state index is 5.41. The van der Waals surface area contributed by atoms with Gasteiger partial charge in [-0.05, 0) is 32.1 Å². The van der Waals surface area contributed by atoms with Crippen LogP contribution in [0, 0.1) is 12.8 Å². The zero-order valence-electron chi connectivity index (χ0n) is 13.3. The summed E-state index contributed by atoms with van der Waals surface area (Å²) >= 11 is 1.73. The largest absolute Gasteiger partial charge is 0.381 e. The van der Waals surface area contributed by atoms with E-state index in [2.05, 4.69) is 27.2 Å². The molecule has 0 bridgehead atoms. The summed E-state index contributed by atoms with van der Waals surface area (Å²) in [7, 11) is 3.94. The molecular formula is C15H26N4OS. The molecule has 1 N–H and O–H groups in total. The third-order valence-electron chi connectivity index (χ3n) is 3.88. The number of rotatable bonds is 5. The van der Waals surface area contributed by atoms with Crippen LogP contribution in [0.1, 0.15) is 29.1 Å². The van der Waals surface area contributed by atoms with Gasteiger partial charge in [-0.25, -0.2) is 4.98 Å². The molecule has 0 aliphatic carbocycles. The van der Waals surface area contributed by atoms with Crippen molar-refractivity contribution in [3.8, 4) is 0 Å². The Kier molecular flexibility index (Phi) is 6.45. The molecule has 0 aromatic carbocycles. The van der Waals surface area contributed by atoms with Crippen molar-refractivity contribution in [2.24, 2.45) is 10.9 Å². The van der Waals surface area contributed by atoms with E-state index in [-0.39, 0.29) is 0 Å². The van der Waals surface area contributed by atoms with Crippen LogP contribution in [0.25, 0.3) is 0 Å². The van der Waals surface area contributed by atoms with E-state index in [1.165, 1.54) is 24.1 Å². The summed E-state index contributed by atoms with van der Waals surface area (Å²) in [5.74, 6) is 1.75. The highest BCUT2D eigenvalue weighted by Crippen LogP contribution is 2.18. The highest BCUT2D eigenvalue weighted by molar-refractivity contribution is 7.11. The van der Waals surface area contributed by atoms with Crippen LogP contribution in [0.3, 0.4) is 0 Å². The van der Waals surface area contributed by atoms with Gasteiger partial charge in [-0.1, -0.05) is 0 Å². The second kappa shape index (κ2) is 8.34. The highest BCUT2D eigenvalue weighted by Gasteiger charge is 2.15. The maximum absolute atomic E-state index is 5.41. The Morgan fingerprint density at radius 1 is 1.52 bits per heavy atom. The molecule has 0 radical (unpaired) electrons. The van der Waals surface area contributed by atoms with Gasteiger partial charge in [-0.15, -0.1) is 11.3 Å². The fraction of sp³-hybridized carbons (Fsp3) is 0.733. The molecular weight excluding hydrogens is 284 g/mol. The Balaban J connectivity index is 1.74. The number of ether oxygens (including phenoxy) is 1. The summed E-state index contributed by atoms with van der Waals surface area (Å²) in [6.45, 7) is 5.70. The number of thiazole rings is 1. The van der Waals surface area contributed by atoms with Crippen LogP contribution in [-0.4, -0.2) is 49.7 Å². The second-order valence-corrected chi connectivity index (χ2v) is 6.83. The van der Waals surface area contributed by atoms with E-state index in [4.69, 9.17) is 4.74 Å². The molecule has 0 atom stereocenters. The molecule has 1 aromatic heterocycles. The molecule has 0 spiro atoms. The number of aliphatic imine (C=N–C) groups is 1. The number of guanidine groups is 1. The van der Waals surface area contributed by atoms with E-state index >= 15 is 0 Å². The Hall–Kier alpha value is -1.14. The predicted molar refractivity (Wildman–Crippen MR) is 87.8 cm³/mol. The lowest BCUT2D eigenvalue weighted by Gasteiger charge is -2.26. The van der Waals surface area contributed by atoms with Gasteiger partial charge in [0.25, 0.3) is 0 Å². The molecule has 0 amide bonds. The summed E-state index contributed by atoms with van der Waals surface area (Å²) in [6.07, 6.45) is 5.53. The molecule has 118 valence electrons. The van der Waals surface area contributed by atoms with Crippen LogP contribution >= 0.6 is 11.3 Å². The lowest BCUT2D eigenvalue weighted by atomic mass is 9.96. The number of aromatic nitrogens is 1. The molecule has 21 heavy (non-hydrogen) atoms. The van der Waals surface area contributed by atoms with Crippen molar-refractivity contribution in [3.05, 3.63) is 16.1 Å². The SMILES string of the molecule is CN=C(NCc1cnc(C)s1)N(C)CCC1CCOCC1. The van der Waals surface area contributed by atoms with E-state index < -0.39 is 0 Å². The van der Waals surface area contributed by atoms with Crippen LogP contribution in [0.4, 0.5) is 0 Å². The molecule has 2 heterocycles. The molecule has 0 saturated carbocycles. The third kappa shape index (κ3) is 5.28. The van der Waals surface area contributed by atoms with E-state index in [1.54, 1.807) is 11.3 Å². The zero-order chi connectivity index (χ0) is 15.1. The van der Waals surface area contributed by atoms with Gasteiger partial charge in [0.1, 0.15) is 0 Å². The Morgan fingerprint density at radius 3 is 2.90 bits per heavy atom. The van der Waals surface area contributed by atoms with Crippen LogP contribution < -0.4 is 5.32 Å². The highest BCUT2D eigenvalue weighted by atomic mass is 32.1. The number of nitrogens with one attached hydrogen (secondary N) is 1. The van der Waals surface area contributed by atoms with Crippen LogP contribution in [0.2, 0.25) is 0 Å². The summed E-state index contributed by atoms with van der Waals surface area (Å²) in [5.41, 5.74) is 0. The summed E-state index contributed by atoms with van der Waals surface area (Å²) in [5, 5.41) is 4.51. The van der Waals surface area contributed by atoms with Crippen molar-refractivity contribution in [1.82, 2.24) is 15.2 Å². The van der Waals surface area contributed by atoms with Crippen molar-refractivity contribution in [2.45, 2.75) is 32.7 Å². The maximum Gasteiger partial charge on any atom is 0.193 e. The molecule has 1 aromatic rings. The number of nitrogens with zero attached hydrogens (tertiary/aromatic N) is 3. The van der Waals surface area contributed by atoms with Gasteiger partial charge in [-0.2, -0.15) is 0 Å². The molecule has 1 fully saturated rings. The van der Waals surface area contributed by atoms with Gasteiger partial charge >= 0.3 is 0 Å². The van der Waals surface area contributed by atoms with E-state index in [1.807, 2.05) is 20.2 Å². The minimum atomic E-state index is 0.791. The average molecular weight is 310 g/mol. The lowest BCUT2D eigenvalue weighted by Crippen LogP contribution is -2.39. The molecule has 2 rings (SSSR count). The van der Waals surface area contributed by atoms with Crippen molar-refractivity contribution < 1.29 is 4.74 Å². The summed E-state index contributed by atoms with van der Waals surface area (Å²) in [6, 6.07) is 0. The molecule has 1 aliphatic heterocycles. The van der Waals surface area contributed by atoms with Crippen LogP contribution in [0.15, 0.2) is 11.2 Å². The quantitative estimate of drug-likeness (QED) is 0.669. The Labute approximate surface area is 131 Å². The number of hydrogen-bond donors (Lipinski definition) is 1. The first-order valence-corrected chi connectivity index (χ1v) is 8.41. The van der Waals surface area contributed by atoms with E-state index in [9.17, 15) is 0 Å². The minimum Gasteiger partial charge on any atom is -0.381 e. The monoisotopic (exact) mass is 310 g/mol. The normalized spacial score (nSPS) is 17.0. The summed E-state index contributed by atoms with van der Waals surface area (Å²) < 4.78 is 5.41. The van der Waals surface area contributed by atoms with Gasteiger partial charge in [-0.3, -0.25) is 4.99 Å². The molecule has 0 unspecified atom stereocenters. The summed E-state index contributed by atoms with van der Waals surface area (Å²) in [4.78, 5) is 12.1. The Morgan fingerprint density at radius 2 is 2.29 bits per heavy atom. The van der Waals surface area contributed by atoms with Crippen LogP contribution in [0.5, 0.6) is 0 Å². The number of hydrogen-bond acceptors (Lipinski definition) is 4. The van der Waals surface area contributed by atoms with Gasteiger partial charge < -0.3 is 15.0 Å². The van der Waals surface area contributed by atoms with E-state index in [0.717, 1.165) is 43.2 Å². The first-order valence-electron chi connectivity index (χ1n) is 7.60. The standard InChI is InChI=1S/C15H26N4OS/c1-12-17-10-14(21-12)11-18-15(16-2)19(3)7-4-13-5-8-20-9-6-13/h10,13H,4-9,11H2,1-3H3,(H,16,18). The zero-order valence-corrected chi connectivity index (χ0v) is 14.1. The smallest absolute Gasteiger partial charge is 0.193 e. The second-order valence-electron chi connectivity index (χ2n) is 5.51. The van der Waals surface area contributed by atoms with E-state index in [0.29, 0.717) is 0 Å². The third-order valence-corrected chi connectivity index (χ3v) is 4.79. The van der Waals surface area contributed by atoms with Gasteiger partial charge in [0.2, 0.25) is 0 Å². The fourth-order valence-corrected chi connectivity index (χ4v) is 3.29. The first-order chi connectivity index (χ1) is 10.2. The molecule has 1 saturated heterocycles. The van der Waals surface area contributed by atoms with Gasteiger partial charge in [0.15, 0.2) is 5.96 Å². The van der Waals surface area contributed by atoms with Gasteiger partial charge in [0, 0.05) is 44.9 Å². The van der Waals surface area contributed by atoms with Crippen LogP contribution in [-0.2, 0) is 11.3 Å². The van der Waals surface area contributed by atoms with Crippen molar-refractivity contribution in [2.75, 3.05) is 33.9 Å². The predicted octanol–water partition coefficient (Wildman–Crippen LogP) is 2.28.